The van der Waals surface area contributed by atoms with Crippen molar-refractivity contribution in [3.63, 3.8) is 0 Å². The van der Waals surface area contributed by atoms with Crippen molar-refractivity contribution in [3.8, 4) is 0 Å². The van der Waals surface area contributed by atoms with E-state index in [-0.39, 0.29) is 0 Å². The summed E-state index contributed by atoms with van der Waals surface area (Å²) in [6.07, 6.45) is 6.21. The fraction of sp³-hybridized carbons (Fsp3) is 0.786. The number of guanidine groups is 1. The molecule has 1 saturated carbocycles. The summed E-state index contributed by atoms with van der Waals surface area (Å²) in [5.41, 5.74) is 0. The highest BCUT2D eigenvalue weighted by molar-refractivity contribution is 5.79. The van der Waals surface area contributed by atoms with Crippen molar-refractivity contribution in [2.45, 2.75) is 52.1 Å². The van der Waals surface area contributed by atoms with Crippen LogP contribution in [0.15, 0.2) is 4.99 Å². The van der Waals surface area contributed by atoms with Crippen molar-refractivity contribution >= 4 is 5.96 Å². The van der Waals surface area contributed by atoms with E-state index in [9.17, 15) is 0 Å². The van der Waals surface area contributed by atoms with E-state index < -0.39 is 0 Å². The Balaban J connectivity index is 1.61. The van der Waals surface area contributed by atoms with Gasteiger partial charge in [-0.1, -0.05) is 0 Å². The molecule has 2 N–H and O–H groups in total. The van der Waals surface area contributed by atoms with E-state index in [1.54, 1.807) is 0 Å². The molecule has 0 bridgehead atoms. The number of hydrogen-bond acceptors (Lipinski definition) is 3. The second-order valence-corrected chi connectivity index (χ2v) is 5.66. The van der Waals surface area contributed by atoms with Gasteiger partial charge in [-0.05, 0) is 38.5 Å². The van der Waals surface area contributed by atoms with E-state index in [1.165, 1.54) is 25.7 Å². The number of nitrogens with one attached hydrogen (secondary N) is 2. The normalized spacial score (nSPS) is 18.8. The van der Waals surface area contributed by atoms with Crippen LogP contribution in [-0.2, 0) is 19.5 Å². The molecular formula is C14H24N6. The topological polar surface area (TPSA) is 67.1 Å². The largest absolute Gasteiger partial charge is 0.357 e. The van der Waals surface area contributed by atoms with Gasteiger partial charge in [0.2, 0.25) is 0 Å². The maximum Gasteiger partial charge on any atom is 0.191 e. The molecule has 6 heteroatoms. The molecule has 6 nitrogen and oxygen atoms in total. The van der Waals surface area contributed by atoms with Gasteiger partial charge in [-0.2, -0.15) is 0 Å². The molecule has 0 aromatic carbocycles. The number of fused-ring (bicyclic) bond motifs is 1. The molecule has 1 aliphatic carbocycles. The van der Waals surface area contributed by atoms with Crippen molar-refractivity contribution < 1.29 is 0 Å². The molecule has 0 spiro atoms. The average Bonchev–Trinajstić information content (AvgIpc) is 3.21. The van der Waals surface area contributed by atoms with E-state index in [0.717, 1.165) is 49.6 Å². The van der Waals surface area contributed by atoms with Crippen LogP contribution in [0, 0.1) is 5.92 Å². The lowest BCUT2D eigenvalue weighted by Crippen LogP contribution is -2.38. The van der Waals surface area contributed by atoms with E-state index in [0.29, 0.717) is 6.54 Å². The molecule has 1 aliphatic heterocycles. The van der Waals surface area contributed by atoms with Crippen LogP contribution >= 0.6 is 0 Å². The first-order valence-corrected chi connectivity index (χ1v) is 7.80. The first kappa shape index (κ1) is 13.4. The number of aromatic nitrogens is 3. The van der Waals surface area contributed by atoms with Gasteiger partial charge < -0.3 is 15.2 Å². The molecular weight excluding hydrogens is 252 g/mol. The quantitative estimate of drug-likeness (QED) is 0.624. The Kier molecular flexibility index (Phi) is 4.18. The van der Waals surface area contributed by atoms with Gasteiger partial charge in [0.15, 0.2) is 11.8 Å². The van der Waals surface area contributed by atoms with Crippen LogP contribution in [0.1, 0.15) is 44.3 Å². The van der Waals surface area contributed by atoms with Crippen molar-refractivity contribution in [1.82, 2.24) is 25.4 Å². The molecule has 1 fully saturated rings. The van der Waals surface area contributed by atoms with Gasteiger partial charge in [0.25, 0.3) is 0 Å². The lowest BCUT2D eigenvalue weighted by Gasteiger charge is -2.14. The van der Waals surface area contributed by atoms with Gasteiger partial charge in [-0.25, -0.2) is 4.99 Å². The summed E-state index contributed by atoms with van der Waals surface area (Å²) in [6.45, 7) is 5.65. The minimum atomic E-state index is 0.604. The van der Waals surface area contributed by atoms with Gasteiger partial charge >= 0.3 is 0 Å². The Bertz CT molecular complexity index is 474. The average molecular weight is 276 g/mol. The number of hydrogen-bond donors (Lipinski definition) is 2. The monoisotopic (exact) mass is 276 g/mol. The van der Waals surface area contributed by atoms with Gasteiger partial charge in [0.05, 0.1) is 0 Å². The van der Waals surface area contributed by atoms with Crippen molar-refractivity contribution in [3.05, 3.63) is 11.6 Å². The molecule has 1 aromatic rings. The number of aliphatic imine (C=N–C) groups is 1. The van der Waals surface area contributed by atoms with E-state index in [4.69, 9.17) is 0 Å². The predicted octanol–water partition coefficient (Wildman–Crippen LogP) is 1.08. The summed E-state index contributed by atoms with van der Waals surface area (Å²) in [4.78, 5) is 4.63. The highest BCUT2D eigenvalue weighted by Gasteiger charge is 2.21. The second kappa shape index (κ2) is 6.24. The third-order valence-corrected chi connectivity index (χ3v) is 3.91. The van der Waals surface area contributed by atoms with Crippen molar-refractivity contribution in [2.75, 3.05) is 13.1 Å². The van der Waals surface area contributed by atoms with Crippen LogP contribution in [0.5, 0.6) is 0 Å². The Morgan fingerprint density at radius 2 is 2.20 bits per heavy atom. The Labute approximate surface area is 120 Å². The second-order valence-electron chi connectivity index (χ2n) is 5.66. The maximum atomic E-state index is 4.63. The molecule has 0 unspecified atom stereocenters. The van der Waals surface area contributed by atoms with Crippen molar-refractivity contribution in [2.24, 2.45) is 10.9 Å². The van der Waals surface area contributed by atoms with Crippen LogP contribution in [0.4, 0.5) is 0 Å². The molecule has 0 saturated heterocycles. The number of aryl methyl sites for hydroxylation is 1. The fourth-order valence-corrected chi connectivity index (χ4v) is 2.54. The summed E-state index contributed by atoms with van der Waals surface area (Å²) in [6, 6.07) is 0. The standard InChI is InChI=1S/C14H24N6/c1-2-15-14(16-9-11-6-7-11)17-10-13-19-18-12-5-3-4-8-20(12)13/h11H,2-10H2,1H3,(H2,15,16,17). The minimum absolute atomic E-state index is 0.604. The Morgan fingerprint density at radius 3 is 3.00 bits per heavy atom. The smallest absolute Gasteiger partial charge is 0.191 e. The lowest BCUT2D eigenvalue weighted by atomic mass is 10.2. The van der Waals surface area contributed by atoms with Gasteiger partial charge in [-0.3, -0.25) is 0 Å². The van der Waals surface area contributed by atoms with Crippen LogP contribution in [0.3, 0.4) is 0 Å². The summed E-state index contributed by atoms with van der Waals surface area (Å²) in [5, 5.41) is 15.3. The summed E-state index contributed by atoms with van der Waals surface area (Å²) >= 11 is 0. The van der Waals surface area contributed by atoms with Gasteiger partial charge in [-0.15, -0.1) is 10.2 Å². The molecule has 0 amide bonds. The zero-order valence-electron chi connectivity index (χ0n) is 12.2. The minimum Gasteiger partial charge on any atom is -0.357 e. The van der Waals surface area contributed by atoms with Crippen LogP contribution in [-0.4, -0.2) is 33.8 Å². The van der Waals surface area contributed by atoms with E-state index >= 15 is 0 Å². The zero-order chi connectivity index (χ0) is 13.8. The SMILES string of the molecule is CCNC(=NCc1nnc2n1CCCC2)NCC1CC1. The fourth-order valence-electron chi connectivity index (χ4n) is 2.54. The van der Waals surface area contributed by atoms with Gasteiger partial charge in [0.1, 0.15) is 12.4 Å². The zero-order valence-corrected chi connectivity index (χ0v) is 12.2. The molecule has 3 rings (SSSR count). The highest BCUT2D eigenvalue weighted by Crippen LogP contribution is 2.27. The molecule has 0 atom stereocenters. The van der Waals surface area contributed by atoms with Crippen LogP contribution in [0.25, 0.3) is 0 Å². The Morgan fingerprint density at radius 1 is 1.30 bits per heavy atom. The van der Waals surface area contributed by atoms with Crippen LogP contribution in [0.2, 0.25) is 0 Å². The van der Waals surface area contributed by atoms with Crippen LogP contribution < -0.4 is 10.6 Å². The first-order chi connectivity index (χ1) is 9.86. The third-order valence-electron chi connectivity index (χ3n) is 3.91. The third kappa shape index (κ3) is 3.29. The van der Waals surface area contributed by atoms with E-state index in [1.807, 2.05) is 0 Å². The predicted molar refractivity (Wildman–Crippen MR) is 78.5 cm³/mol. The molecule has 110 valence electrons. The molecule has 0 radical (unpaired) electrons. The number of nitrogens with zero attached hydrogens (tertiary/aromatic N) is 4. The van der Waals surface area contributed by atoms with Crippen molar-refractivity contribution in [1.29, 1.82) is 0 Å². The molecule has 1 aromatic heterocycles. The Hall–Kier alpha value is -1.59. The highest BCUT2D eigenvalue weighted by atomic mass is 15.3. The van der Waals surface area contributed by atoms with E-state index in [2.05, 4.69) is 37.3 Å². The first-order valence-electron chi connectivity index (χ1n) is 7.80. The lowest BCUT2D eigenvalue weighted by molar-refractivity contribution is 0.508. The summed E-state index contributed by atoms with van der Waals surface area (Å²) in [7, 11) is 0. The van der Waals surface area contributed by atoms with Gasteiger partial charge in [0, 0.05) is 26.1 Å². The summed E-state index contributed by atoms with van der Waals surface area (Å²) < 4.78 is 2.23. The molecule has 2 heterocycles. The molecule has 20 heavy (non-hydrogen) atoms. The summed E-state index contributed by atoms with van der Waals surface area (Å²) in [5.74, 6) is 3.85. The molecule has 2 aliphatic rings. The maximum absolute atomic E-state index is 4.63. The number of rotatable bonds is 5.